The van der Waals surface area contributed by atoms with Gasteiger partial charge in [0.25, 0.3) is 10.0 Å². The number of benzene rings is 2. The van der Waals surface area contributed by atoms with E-state index in [-0.39, 0.29) is 4.90 Å². The maximum Gasteiger partial charge on any atom is 0.262 e. The molecule has 2 aromatic carbocycles. The van der Waals surface area contributed by atoms with Crippen LogP contribution in [0.2, 0.25) is 0 Å². The van der Waals surface area contributed by atoms with Gasteiger partial charge in [-0.1, -0.05) is 12.1 Å². The number of rotatable bonds is 4. The topological polar surface area (TPSA) is 81.4 Å². The highest BCUT2D eigenvalue weighted by molar-refractivity contribution is 7.92. The van der Waals surface area contributed by atoms with E-state index in [1.54, 1.807) is 43.3 Å². The van der Waals surface area contributed by atoms with Gasteiger partial charge in [0, 0.05) is 11.8 Å². The van der Waals surface area contributed by atoms with Crippen LogP contribution in [0.3, 0.4) is 0 Å². The minimum absolute atomic E-state index is 0.167. The molecule has 0 aromatic heterocycles. The average Bonchev–Trinajstić information content (AvgIpc) is 2.41. The van der Waals surface area contributed by atoms with Gasteiger partial charge < -0.3 is 10.5 Å². The van der Waals surface area contributed by atoms with Gasteiger partial charge in [-0.15, -0.1) is 0 Å². The molecule has 0 radical (unpaired) electrons. The lowest BCUT2D eigenvalue weighted by atomic mass is 10.2. The summed E-state index contributed by atoms with van der Waals surface area (Å²) in [5.74, 6) is 0.578. The summed E-state index contributed by atoms with van der Waals surface area (Å²) in [5.41, 5.74) is 7.15. The third kappa shape index (κ3) is 2.85. The van der Waals surface area contributed by atoms with Crippen LogP contribution < -0.4 is 15.2 Å². The summed E-state index contributed by atoms with van der Waals surface area (Å²) in [6, 6.07) is 11.5. The standard InChI is InChI=1S/C14H16N2O3S/c1-10-13(15)7-4-8-14(10)20(17,18)16-11-5-3-6-12(9-11)19-2/h3-9,16H,15H2,1-2H3. The Morgan fingerprint density at radius 2 is 1.85 bits per heavy atom. The second-order valence-corrected chi connectivity index (χ2v) is 5.96. The number of nitrogens with two attached hydrogens (primary N) is 1. The van der Waals surface area contributed by atoms with E-state index in [0.717, 1.165) is 0 Å². The number of ether oxygens (including phenoxy) is 1. The Labute approximate surface area is 118 Å². The average molecular weight is 292 g/mol. The summed E-state index contributed by atoms with van der Waals surface area (Å²) >= 11 is 0. The number of hydrogen-bond donors (Lipinski definition) is 2. The Kier molecular flexibility index (Phi) is 3.85. The second kappa shape index (κ2) is 5.42. The Bertz CT molecular complexity index is 727. The van der Waals surface area contributed by atoms with Crippen LogP contribution in [0.25, 0.3) is 0 Å². The molecule has 0 amide bonds. The summed E-state index contributed by atoms with van der Waals surface area (Å²) in [4.78, 5) is 0.167. The van der Waals surface area contributed by atoms with Crippen molar-refractivity contribution in [2.75, 3.05) is 17.6 Å². The minimum atomic E-state index is -3.68. The van der Waals surface area contributed by atoms with Crippen LogP contribution in [0.15, 0.2) is 47.4 Å². The molecule has 0 unspecified atom stereocenters. The van der Waals surface area contributed by atoms with Crippen LogP contribution in [-0.4, -0.2) is 15.5 Å². The number of methoxy groups -OCH3 is 1. The molecule has 0 saturated carbocycles. The third-order valence-corrected chi connectivity index (χ3v) is 4.46. The third-order valence-electron chi connectivity index (χ3n) is 2.94. The highest BCUT2D eigenvalue weighted by atomic mass is 32.2. The predicted molar refractivity (Wildman–Crippen MR) is 79.4 cm³/mol. The van der Waals surface area contributed by atoms with Gasteiger partial charge in [0.2, 0.25) is 0 Å². The molecular weight excluding hydrogens is 276 g/mol. The largest absolute Gasteiger partial charge is 0.497 e. The van der Waals surface area contributed by atoms with E-state index < -0.39 is 10.0 Å². The Morgan fingerprint density at radius 1 is 1.15 bits per heavy atom. The zero-order valence-corrected chi connectivity index (χ0v) is 12.1. The molecule has 0 atom stereocenters. The predicted octanol–water partition coefficient (Wildman–Crippen LogP) is 2.39. The summed E-state index contributed by atoms with van der Waals surface area (Å²) in [5, 5.41) is 0. The maximum absolute atomic E-state index is 12.4. The monoisotopic (exact) mass is 292 g/mol. The molecule has 0 aliphatic heterocycles. The molecule has 5 nitrogen and oxygen atoms in total. The lowest BCUT2D eigenvalue weighted by Gasteiger charge is -2.12. The first-order valence-corrected chi connectivity index (χ1v) is 7.44. The number of anilines is 2. The smallest absolute Gasteiger partial charge is 0.262 e. The summed E-state index contributed by atoms with van der Waals surface area (Å²) < 4.78 is 32.3. The van der Waals surface area contributed by atoms with Crippen molar-refractivity contribution >= 4 is 21.4 Å². The number of hydrogen-bond acceptors (Lipinski definition) is 4. The molecule has 0 spiro atoms. The molecule has 3 N–H and O–H groups in total. The molecule has 0 bridgehead atoms. The van der Waals surface area contributed by atoms with Crippen molar-refractivity contribution in [3.63, 3.8) is 0 Å². The van der Waals surface area contributed by atoms with Gasteiger partial charge in [-0.25, -0.2) is 8.42 Å². The van der Waals surface area contributed by atoms with Gasteiger partial charge in [0.05, 0.1) is 17.7 Å². The molecule has 6 heteroatoms. The molecule has 0 aliphatic rings. The molecule has 2 aromatic rings. The van der Waals surface area contributed by atoms with E-state index in [0.29, 0.717) is 22.7 Å². The quantitative estimate of drug-likeness (QED) is 0.848. The fraction of sp³-hybridized carbons (Fsp3) is 0.143. The second-order valence-electron chi connectivity index (χ2n) is 4.31. The zero-order valence-electron chi connectivity index (χ0n) is 11.3. The van der Waals surface area contributed by atoms with Crippen molar-refractivity contribution in [1.29, 1.82) is 0 Å². The Hall–Kier alpha value is -2.21. The fourth-order valence-corrected chi connectivity index (χ4v) is 3.15. The van der Waals surface area contributed by atoms with Crippen LogP contribution in [0.5, 0.6) is 5.75 Å². The molecule has 0 heterocycles. The van der Waals surface area contributed by atoms with Crippen LogP contribution >= 0.6 is 0 Å². The van der Waals surface area contributed by atoms with E-state index in [2.05, 4.69) is 4.72 Å². The van der Waals surface area contributed by atoms with E-state index in [9.17, 15) is 8.42 Å². The molecular formula is C14H16N2O3S. The Balaban J connectivity index is 2.38. The normalized spacial score (nSPS) is 11.1. The number of nitrogen functional groups attached to an aromatic ring is 1. The molecule has 0 aliphatic carbocycles. The summed E-state index contributed by atoms with van der Waals surface area (Å²) in [7, 11) is -2.15. The SMILES string of the molecule is COc1cccc(NS(=O)(=O)c2cccc(N)c2C)c1. The number of sulfonamides is 1. The first-order chi connectivity index (χ1) is 9.44. The van der Waals surface area contributed by atoms with Crippen molar-refractivity contribution < 1.29 is 13.2 Å². The molecule has 0 fully saturated rings. The summed E-state index contributed by atoms with van der Waals surface area (Å²) in [6.45, 7) is 1.68. The van der Waals surface area contributed by atoms with Gasteiger partial charge in [0.15, 0.2) is 0 Å². The zero-order chi connectivity index (χ0) is 14.8. The number of nitrogens with one attached hydrogen (secondary N) is 1. The van der Waals surface area contributed by atoms with Crippen LogP contribution in [0, 0.1) is 6.92 Å². The lowest BCUT2D eigenvalue weighted by Crippen LogP contribution is -2.14. The van der Waals surface area contributed by atoms with E-state index in [1.165, 1.54) is 13.2 Å². The van der Waals surface area contributed by atoms with E-state index >= 15 is 0 Å². The fourth-order valence-electron chi connectivity index (χ4n) is 1.82. The van der Waals surface area contributed by atoms with Gasteiger partial charge in [-0.3, -0.25) is 4.72 Å². The molecule has 0 saturated heterocycles. The maximum atomic E-state index is 12.4. The highest BCUT2D eigenvalue weighted by Gasteiger charge is 2.18. The van der Waals surface area contributed by atoms with E-state index in [1.807, 2.05) is 0 Å². The van der Waals surface area contributed by atoms with Crippen LogP contribution in [0.1, 0.15) is 5.56 Å². The molecule has 2 rings (SSSR count). The van der Waals surface area contributed by atoms with Crippen molar-refractivity contribution in [1.82, 2.24) is 0 Å². The highest BCUT2D eigenvalue weighted by Crippen LogP contribution is 2.24. The van der Waals surface area contributed by atoms with Gasteiger partial charge in [0.1, 0.15) is 5.75 Å². The van der Waals surface area contributed by atoms with Crippen molar-refractivity contribution in [2.45, 2.75) is 11.8 Å². The van der Waals surface area contributed by atoms with Crippen molar-refractivity contribution in [3.05, 3.63) is 48.0 Å². The first kappa shape index (κ1) is 14.2. The molecule has 106 valence electrons. The summed E-state index contributed by atoms with van der Waals surface area (Å²) in [6.07, 6.45) is 0. The lowest BCUT2D eigenvalue weighted by molar-refractivity contribution is 0.415. The molecule has 20 heavy (non-hydrogen) atoms. The van der Waals surface area contributed by atoms with E-state index in [4.69, 9.17) is 10.5 Å². The van der Waals surface area contributed by atoms with Crippen LogP contribution in [-0.2, 0) is 10.0 Å². The van der Waals surface area contributed by atoms with Gasteiger partial charge in [-0.05, 0) is 36.8 Å². The Morgan fingerprint density at radius 3 is 2.55 bits per heavy atom. The first-order valence-electron chi connectivity index (χ1n) is 5.96. The van der Waals surface area contributed by atoms with Gasteiger partial charge >= 0.3 is 0 Å². The van der Waals surface area contributed by atoms with Gasteiger partial charge in [-0.2, -0.15) is 0 Å². The minimum Gasteiger partial charge on any atom is -0.497 e. The van der Waals surface area contributed by atoms with Crippen molar-refractivity contribution in [2.24, 2.45) is 0 Å². The van der Waals surface area contributed by atoms with Crippen molar-refractivity contribution in [3.8, 4) is 5.75 Å². The van der Waals surface area contributed by atoms with Crippen LogP contribution in [0.4, 0.5) is 11.4 Å².